The van der Waals surface area contributed by atoms with Crippen molar-refractivity contribution in [2.45, 2.75) is 19.9 Å². The van der Waals surface area contributed by atoms with Gasteiger partial charge in [0.15, 0.2) is 0 Å². The fraction of sp³-hybridized carbons (Fsp3) is 0.294. The molecule has 0 saturated carbocycles. The third-order valence-electron chi connectivity index (χ3n) is 4.07. The fourth-order valence-electron chi connectivity index (χ4n) is 2.86. The molecule has 0 fully saturated rings. The van der Waals surface area contributed by atoms with Crippen molar-refractivity contribution in [2.75, 3.05) is 0 Å². The summed E-state index contributed by atoms with van der Waals surface area (Å²) >= 11 is 0. The molecule has 0 unspecified atom stereocenters. The Labute approximate surface area is 128 Å². The molecule has 0 aliphatic rings. The largest absolute Gasteiger partial charge is 0.342 e. The van der Waals surface area contributed by atoms with Crippen LogP contribution in [0.25, 0.3) is 22.2 Å². The van der Waals surface area contributed by atoms with Crippen LogP contribution in [0.1, 0.15) is 19.9 Å². The highest BCUT2D eigenvalue weighted by atomic mass is 16.2. The van der Waals surface area contributed by atoms with Crippen LogP contribution < -0.4 is 11.2 Å². The van der Waals surface area contributed by atoms with E-state index in [2.05, 4.69) is 18.4 Å². The van der Waals surface area contributed by atoms with E-state index in [-0.39, 0.29) is 17.3 Å². The van der Waals surface area contributed by atoms with Gasteiger partial charge in [-0.05, 0) is 19.4 Å². The van der Waals surface area contributed by atoms with Gasteiger partial charge in [0.1, 0.15) is 0 Å². The van der Waals surface area contributed by atoms with Gasteiger partial charge in [-0.25, -0.2) is 4.79 Å². The minimum atomic E-state index is -0.307. The van der Waals surface area contributed by atoms with Gasteiger partial charge >= 0.3 is 5.69 Å². The highest BCUT2D eigenvalue weighted by Crippen LogP contribution is 2.30. The molecular weight excluding hydrogens is 278 g/mol. The van der Waals surface area contributed by atoms with E-state index in [1.807, 2.05) is 36.5 Å². The number of fused-ring (bicyclic) bond motifs is 1. The van der Waals surface area contributed by atoms with Gasteiger partial charge in [0.25, 0.3) is 5.56 Å². The fourth-order valence-corrected chi connectivity index (χ4v) is 2.86. The van der Waals surface area contributed by atoms with Gasteiger partial charge in [0, 0.05) is 26.3 Å². The topological polar surface area (TPSA) is 48.9 Å². The van der Waals surface area contributed by atoms with E-state index >= 15 is 0 Å². The summed E-state index contributed by atoms with van der Waals surface area (Å²) in [6, 6.07) is 10.00. The van der Waals surface area contributed by atoms with Crippen LogP contribution in [-0.4, -0.2) is 13.7 Å². The summed E-state index contributed by atoms with van der Waals surface area (Å²) in [4.78, 5) is 24.8. The third kappa shape index (κ3) is 1.93. The molecule has 0 aliphatic carbocycles. The lowest BCUT2D eigenvalue weighted by molar-refractivity contribution is 0.610. The van der Waals surface area contributed by atoms with E-state index in [0.717, 1.165) is 11.3 Å². The molecule has 0 spiro atoms. The lowest BCUT2D eigenvalue weighted by Crippen LogP contribution is -2.36. The Morgan fingerprint density at radius 1 is 0.955 bits per heavy atom. The van der Waals surface area contributed by atoms with Gasteiger partial charge in [-0.15, -0.1) is 0 Å². The molecule has 0 amide bonds. The standard InChI is InChI=1S/C17H19N3O2/c1-11(2)20-10-13-14(15(20)12-8-6-5-7-9-12)16(21)19(4)17(22)18(13)3/h5-11H,1-4H3. The minimum Gasteiger partial charge on any atom is -0.342 e. The molecule has 0 atom stereocenters. The van der Waals surface area contributed by atoms with Crippen molar-refractivity contribution >= 4 is 10.9 Å². The second-order valence-electron chi connectivity index (χ2n) is 5.81. The summed E-state index contributed by atoms with van der Waals surface area (Å²) in [5.74, 6) is 0. The van der Waals surface area contributed by atoms with E-state index in [0.29, 0.717) is 10.9 Å². The Morgan fingerprint density at radius 3 is 2.18 bits per heavy atom. The number of aromatic nitrogens is 3. The maximum Gasteiger partial charge on any atom is 0.330 e. The second kappa shape index (κ2) is 5.02. The van der Waals surface area contributed by atoms with Crippen LogP contribution in [0.3, 0.4) is 0 Å². The zero-order valence-corrected chi connectivity index (χ0v) is 13.2. The van der Waals surface area contributed by atoms with Gasteiger partial charge in [-0.3, -0.25) is 13.9 Å². The van der Waals surface area contributed by atoms with Crippen LogP contribution in [-0.2, 0) is 14.1 Å². The molecule has 22 heavy (non-hydrogen) atoms. The first-order valence-corrected chi connectivity index (χ1v) is 7.29. The molecule has 2 aromatic heterocycles. The lowest BCUT2D eigenvalue weighted by Gasteiger charge is -2.13. The number of rotatable bonds is 2. The molecule has 114 valence electrons. The minimum absolute atomic E-state index is 0.183. The quantitative estimate of drug-likeness (QED) is 0.728. The molecule has 0 bridgehead atoms. The van der Waals surface area contributed by atoms with Gasteiger partial charge in [0.2, 0.25) is 0 Å². The van der Waals surface area contributed by atoms with Crippen LogP contribution in [0.2, 0.25) is 0 Å². The smallest absolute Gasteiger partial charge is 0.330 e. The SMILES string of the molecule is CC(C)n1cc2c(c1-c1ccccc1)c(=O)n(C)c(=O)n2C. The Bertz CT molecular complexity index is 959. The molecule has 3 aromatic rings. The molecule has 0 saturated heterocycles. The monoisotopic (exact) mass is 297 g/mol. The molecule has 0 N–H and O–H groups in total. The van der Waals surface area contributed by atoms with Crippen molar-refractivity contribution in [3.05, 3.63) is 57.4 Å². The molecular formula is C17H19N3O2. The van der Waals surface area contributed by atoms with E-state index < -0.39 is 0 Å². The summed E-state index contributed by atoms with van der Waals surface area (Å²) in [5.41, 5.74) is 1.94. The van der Waals surface area contributed by atoms with E-state index in [1.54, 1.807) is 7.05 Å². The maximum atomic E-state index is 12.7. The second-order valence-corrected chi connectivity index (χ2v) is 5.81. The molecule has 1 aromatic carbocycles. The van der Waals surface area contributed by atoms with E-state index in [1.165, 1.54) is 16.2 Å². The van der Waals surface area contributed by atoms with E-state index in [4.69, 9.17) is 0 Å². The van der Waals surface area contributed by atoms with Crippen molar-refractivity contribution in [2.24, 2.45) is 14.1 Å². The molecule has 0 radical (unpaired) electrons. The normalized spacial score (nSPS) is 11.5. The van der Waals surface area contributed by atoms with Crippen molar-refractivity contribution in [3.8, 4) is 11.3 Å². The van der Waals surface area contributed by atoms with Gasteiger partial charge < -0.3 is 4.57 Å². The van der Waals surface area contributed by atoms with E-state index in [9.17, 15) is 9.59 Å². The molecule has 5 heteroatoms. The molecule has 3 rings (SSSR count). The predicted octanol–water partition coefficient (Wildman–Crippen LogP) is 2.29. The maximum absolute atomic E-state index is 12.7. The summed E-state index contributed by atoms with van der Waals surface area (Å²) in [6.07, 6.45) is 1.89. The van der Waals surface area contributed by atoms with Crippen LogP contribution in [0, 0.1) is 0 Å². The van der Waals surface area contributed by atoms with Crippen LogP contribution in [0.15, 0.2) is 46.1 Å². The first kappa shape index (κ1) is 14.4. The van der Waals surface area contributed by atoms with Crippen LogP contribution in [0.5, 0.6) is 0 Å². The van der Waals surface area contributed by atoms with Crippen LogP contribution >= 0.6 is 0 Å². The van der Waals surface area contributed by atoms with Gasteiger partial charge in [0.05, 0.1) is 16.6 Å². The number of aryl methyl sites for hydroxylation is 1. The van der Waals surface area contributed by atoms with Gasteiger partial charge in [-0.1, -0.05) is 30.3 Å². The zero-order chi connectivity index (χ0) is 16.0. The number of nitrogens with zero attached hydrogens (tertiary/aromatic N) is 3. The summed E-state index contributed by atoms with van der Waals surface area (Å²) in [5, 5.41) is 0.588. The Balaban J connectivity index is 2.57. The van der Waals surface area contributed by atoms with Crippen molar-refractivity contribution in [3.63, 3.8) is 0 Å². The average molecular weight is 297 g/mol. The number of benzene rings is 1. The third-order valence-corrected chi connectivity index (χ3v) is 4.07. The number of hydrogen-bond acceptors (Lipinski definition) is 2. The Kier molecular flexibility index (Phi) is 3.28. The average Bonchev–Trinajstić information content (AvgIpc) is 2.92. The highest BCUT2D eigenvalue weighted by molar-refractivity contribution is 5.93. The summed E-state index contributed by atoms with van der Waals surface area (Å²) in [6.45, 7) is 4.13. The first-order chi connectivity index (χ1) is 10.4. The molecule has 5 nitrogen and oxygen atoms in total. The zero-order valence-electron chi connectivity index (χ0n) is 13.2. The van der Waals surface area contributed by atoms with Crippen molar-refractivity contribution in [1.82, 2.24) is 13.7 Å². The lowest BCUT2D eigenvalue weighted by atomic mass is 10.1. The van der Waals surface area contributed by atoms with Crippen LogP contribution in [0.4, 0.5) is 0 Å². The predicted molar refractivity (Wildman–Crippen MR) is 88.2 cm³/mol. The van der Waals surface area contributed by atoms with Gasteiger partial charge in [-0.2, -0.15) is 0 Å². The Hall–Kier alpha value is -2.56. The highest BCUT2D eigenvalue weighted by Gasteiger charge is 2.20. The first-order valence-electron chi connectivity index (χ1n) is 7.29. The molecule has 2 heterocycles. The molecule has 0 aliphatic heterocycles. The summed E-state index contributed by atoms with van der Waals surface area (Å²) in [7, 11) is 3.22. The number of hydrogen-bond donors (Lipinski definition) is 0. The Morgan fingerprint density at radius 2 is 1.59 bits per heavy atom. The van der Waals surface area contributed by atoms with Crippen molar-refractivity contribution in [1.29, 1.82) is 0 Å². The van der Waals surface area contributed by atoms with Crippen molar-refractivity contribution < 1.29 is 0 Å². The summed E-state index contributed by atoms with van der Waals surface area (Å²) < 4.78 is 4.75.